The average molecular weight is 270 g/mol. The maximum absolute atomic E-state index is 6.31. The smallest absolute Gasteiger partial charge is 0.124 e. The lowest BCUT2D eigenvalue weighted by atomic mass is 10.0. The summed E-state index contributed by atoms with van der Waals surface area (Å²) in [5, 5.41) is 0. The van der Waals surface area contributed by atoms with E-state index in [0.29, 0.717) is 0 Å². The zero-order chi connectivity index (χ0) is 14.4. The van der Waals surface area contributed by atoms with Crippen LogP contribution in [0, 0.1) is 0 Å². The molecule has 1 aromatic heterocycles. The molecule has 0 radical (unpaired) electrons. The van der Waals surface area contributed by atoms with E-state index in [9.17, 15) is 0 Å². The molecule has 2 aromatic rings. The maximum atomic E-state index is 6.31. The molecule has 20 heavy (non-hydrogen) atoms. The molecule has 0 saturated heterocycles. The second-order valence-corrected chi connectivity index (χ2v) is 5.17. The summed E-state index contributed by atoms with van der Waals surface area (Å²) in [6.07, 6.45) is 3.70. The number of nitrogens with two attached hydrogens (primary N) is 1. The Hall–Kier alpha value is -1.87. The van der Waals surface area contributed by atoms with E-state index in [0.717, 1.165) is 29.8 Å². The first-order valence-corrected chi connectivity index (χ1v) is 7.08. The second kappa shape index (κ2) is 7.06. The molecular weight excluding hydrogens is 248 g/mol. The van der Waals surface area contributed by atoms with Gasteiger partial charge in [-0.1, -0.05) is 24.3 Å². The van der Waals surface area contributed by atoms with E-state index in [-0.39, 0.29) is 12.1 Å². The van der Waals surface area contributed by atoms with Crippen molar-refractivity contribution in [1.82, 2.24) is 4.98 Å². The summed E-state index contributed by atoms with van der Waals surface area (Å²) in [7, 11) is 0. The summed E-state index contributed by atoms with van der Waals surface area (Å²) in [4.78, 5) is 4.33. The lowest BCUT2D eigenvalue weighted by Gasteiger charge is -2.18. The fourth-order valence-electron chi connectivity index (χ4n) is 2.15. The highest BCUT2D eigenvalue weighted by atomic mass is 16.5. The van der Waals surface area contributed by atoms with Crippen molar-refractivity contribution in [3.05, 3.63) is 59.9 Å². The first-order chi connectivity index (χ1) is 9.66. The van der Waals surface area contributed by atoms with E-state index in [1.807, 2.05) is 62.5 Å². The minimum absolute atomic E-state index is 0.0352. The maximum Gasteiger partial charge on any atom is 0.124 e. The van der Waals surface area contributed by atoms with Crippen LogP contribution in [-0.4, -0.2) is 11.1 Å². The van der Waals surface area contributed by atoms with E-state index >= 15 is 0 Å². The molecule has 1 atom stereocenters. The highest BCUT2D eigenvalue weighted by molar-refractivity contribution is 5.36. The number of nitrogens with zero attached hydrogens (tertiary/aromatic N) is 1. The van der Waals surface area contributed by atoms with Crippen LogP contribution in [0.1, 0.15) is 37.6 Å². The minimum atomic E-state index is -0.0352. The number of aromatic nitrogens is 1. The molecule has 0 fully saturated rings. The molecule has 1 aromatic carbocycles. The molecule has 0 aliphatic heterocycles. The van der Waals surface area contributed by atoms with Gasteiger partial charge in [-0.25, -0.2) is 0 Å². The van der Waals surface area contributed by atoms with Crippen molar-refractivity contribution in [2.24, 2.45) is 5.73 Å². The highest BCUT2D eigenvalue weighted by Crippen LogP contribution is 2.27. The number of ether oxygens (including phenoxy) is 1. The Morgan fingerprint density at radius 2 is 1.85 bits per heavy atom. The van der Waals surface area contributed by atoms with Crippen LogP contribution in [-0.2, 0) is 6.42 Å². The third kappa shape index (κ3) is 4.07. The molecule has 106 valence electrons. The van der Waals surface area contributed by atoms with Gasteiger partial charge in [-0.05, 0) is 44.9 Å². The number of pyridine rings is 1. The number of hydrogen-bond acceptors (Lipinski definition) is 3. The van der Waals surface area contributed by atoms with Crippen LogP contribution in [0.15, 0.2) is 48.7 Å². The van der Waals surface area contributed by atoms with Crippen LogP contribution in [0.5, 0.6) is 5.75 Å². The average Bonchev–Trinajstić information content (AvgIpc) is 2.46. The lowest BCUT2D eigenvalue weighted by molar-refractivity contribution is 0.238. The normalized spacial score (nSPS) is 12.4. The molecule has 0 amide bonds. The van der Waals surface area contributed by atoms with Crippen LogP contribution in [0.3, 0.4) is 0 Å². The minimum Gasteiger partial charge on any atom is -0.491 e. The summed E-state index contributed by atoms with van der Waals surface area (Å²) >= 11 is 0. The standard InChI is InChI=1S/C17H22N2O/c1-13(2)20-17-9-4-3-8-15(17)16(18)11-10-14-7-5-6-12-19-14/h3-9,12-13,16H,10-11,18H2,1-2H3. The van der Waals surface area contributed by atoms with Crippen molar-refractivity contribution in [1.29, 1.82) is 0 Å². The molecule has 2 rings (SSSR count). The molecule has 0 spiro atoms. The van der Waals surface area contributed by atoms with Gasteiger partial charge in [0.1, 0.15) is 5.75 Å². The Labute approximate surface area is 120 Å². The zero-order valence-electron chi connectivity index (χ0n) is 12.1. The Kier molecular flexibility index (Phi) is 5.13. The van der Waals surface area contributed by atoms with Crippen molar-refractivity contribution in [2.75, 3.05) is 0 Å². The van der Waals surface area contributed by atoms with E-state index < -0.39 is 0 Å². The molecule has 0 saturated carbocycles. The Bertz CT molecular complexity index is 526. The summed E-state index contributed by atoms with van der Waals surface area (Å²) in [6.45, 7) is 4.05. The Balaban J connectivity index is 2.03. The Morgan fingerprint density at radius 1 is 1.10 bits per heavy atom. The van der Waals surface area contributed by atoms with Crippen LogP contribution in [0.25, 0.3) is 0 Å². The monoisotopic (exact) mass is 270 g/mol. The molecule has 0 bridgehead atoms. The lowest BCUT2D eigenvalue weighted by Crippen LogP contribution is -2.15. The predicted octanol–water partition coefficient (Wildman–Crippen LogP) is 3.50. The summed E-state index contributed by atoms with van der Waals surface area (Å²) in [5.74, 6) is 0.885. The topological polar surface area (TPSA) is 48.1 Å². The van der Waals surface area contributed by atoms with Gasteiger partial charge in [0.05, 0.1) is 6.10 Å². The van der Waals surface area contributed by atoms with E-state index in [4.69, 9.17) is 10.5 Å². The second-order valence-electron chi connectivity index (χ2n) is 5.17. The van der Waals surface area contributed by atoms with Gasteiger partial charge < -0.3 is 10.5 Å². The van der Waals surface area contributed by atoms with Crippen molar-refractivity contribution in [2.45, 2.75) is 38.8 Å². The van der Waals surface area contributed by atoms with Gasteiger partial charge in [0.15, 0.2) is 0 Å². The van der Waals surface area contributed by atoms with E-state index in [2.05, 4.69) is 4.98 Å². The summed E-state index contributed by atoms with van der Waals surface area (Å²) in [6, 6.07) is 13.9. The summed E-state index contributed by atoms with van der Waals surface area (Å²) in [5.41, 5.74) is 8.45. The van der Waals surface area contributed by atoms with E-state index in [1.165, 1.54) is 0 Å². The van der Waals surface area contributed by atoms with Crippen molar-refractivity contribution in [3.8, 4) is 5.75 Å². The molecule has 1 unspecified atom stereocenters. The van der Waals surface area contributed by atoms with Crippen LogP contribution in [0.4, 0.5) is 0 Å². The number of para-hydroxylation sites is 1. The number of rotatable bonds is 6. The van der Waals surface area contributed by atoms with Crippen LogP contribution in [0.2, 0.25) is 0 Å². The molecule has 0 aliphatic rings. The molecule has 3 heteroatoms. The highest BCUT2D eigenvalue weighted by Gasteiger charge is 2.13. The van der Waals surface area contributed by atoms with Gasteiger partial charge in [-0.3, -0.25) is 4.98 Å². The molecule has 3 nitrogen and oxygen atoms in total. The number of benzene rings is 1. The fourth-order valence-corrected chi connectivity index (χ4v) is 2.15. The van der Waals surface area contributed by atoms with Gasteiger partial charge in [0.25, 0.3) is 0 Å². The van der Waals surface area contributed by atoms with Crippen molar-refractivity contribution < 1.29 is 4.74 Å². The van der Waals surface area contributed by atoms with E-state index in [1.54, 1.807) is 0 Å². The van der Waals surface area contributed by atoms with Gasteiger partial charge in [0, 0.05) is 23.5 Å². The molecule has 2 N–H and O–H groups in total. The van der Waals surface area contributed by atoms with Gasteiger partial charge in [-0.2, -0.15) is 0 Å². The summed E-state index contributed by atoms with van der Waals surface area (Å²) < 4.78 is 5.82. The van der Waals surface area contributed by atoms with Gasteiger partial charge in [0.2, 0.25) is 0 Å². The number of hydrogen-bond donors (Lipinski definition) is 1. The first-order valence-electron chi connectivity index (χ1n) is 7.08. The third-order valence-electron chi connectivity index (χ3n) is 3.12. The predicted molar refractivity (Wildman–Crippen MR) is 81.7 cm³/mol. The zero-order valence-corrected chi connectivity index (χ0v) is 12.1. The van der Waals surface area contributed by atoms with Crippen LogP contribution < -0.4 is 10.5 Å². The van der Waals surface area contributed by atoms with Crippen LogP contribution >= 0.6 is 0 Å². The number of aryl methyl sites for hydroxylation is 1. The van der Waals surface area contributed by atoms with Crippen molar-refractivity contribution >= 4 is 0 Å². The molecule has 0 aliphatic carbocycles. The first kappa shape index (κ1) is 14.5. The van der Waals surface area contributed by atoms with Gasteiger partial charge >= 0.3 is 0 Å². The van der Waals surface area contributed by atoms with Gasteiger partial charge in [-0.15, -0.1) is 0 Å². The largest absolute Gasteiger partial charge is 0.491 e. The van der Waals surface area contributed by atoms with Crippen molar-refractivity contribution in [3.63, 3.8) is 0 Å². The third-order valence-corrected chi connectivity index (χ3v) is 3.12. The molecular formula is C17H22N2O. The molecule has 1 heterocycles. The Morgan fingerprint density at radius 3 is 2.55 bits per heavy atom. The quantitative estimate of drug-likeness (QED) is 0.874. The fraction of sp³-hybridized carbons (Fsp3) is 0.353. The SMILES string of the molecule is CC(C)Oc1ccccc1C(N)CCc1ccccn1.